The molecule has 1 N–H and O–H groups in total. The lowest BCUT2D eigenvalue weighted by atomic mass is 9.83. The third-order valence-corrected chi connectivity index (χ3v) is 5.05. The van der Waals surface area contributed by atoms with Gasteiger partial charge in [0.05, 0.1) is 0 Å². The summed E-state index contributed by atoms with van der Waals surface area (Å²) in [5.41, 5.74) is 0.536. The minimum atomic E-state index is -1.24. The van der Waals surface area contributed by atoms with Crippen molar-refractivity contribution in [3.05, 3.63) is 35.9 Å². The number of carbonyl (C=O) groups is 3. The SMILES string of the molecule is CCCCCCCCC1OC(=O)C(C(=O)O)C1CC(=O)c1ccccc1. The second-order valence-corrected chi connectivity index (χ2v) is 7.00. The summed E-state index contributed by atoms with van der Waals surface area (Å²) in [5.74, 6) is -3.89. The van der Waals surface area contributed by atoms with Gasteiger partial charge in [-0.1, -0.05) is 69.4 Å². The zero-order chi connectivity index (χ0) is 18.9. The predicted molar refractivity (Wildman–Crippen MR) is 97.9 cm³/mol. The van der Waals surface area contributed by atoms with Crippen molar-refractivity contribution < 1.29 is 24.2 Å². The number of carboxylic acid groups (broad SMARTS) is 1. The Balaban J connectivity index is 1.98. The van der Waals surface area contributed by atoms with Crippen molar-refractivity contribution >= 4 is 17.7 Å². The number of ether oxygens (including phenoxy) is 1. The number of esters is 1. The Morgan fingerprint density at radius 3 is 2.35 bits per heavy atom. The number of hydrogen-bond acceptors (Lipinski definition) is 4. The van der Waals surface area contributed by atoms with E-state index in [1.165, 1.54) is 19.3 Å². The van der Waals surface area contributed by atoms with E-state index in [1.54, 1.807) is 24.3 Å². The molecule has 0 radical (unpaired) electrons. The molecule has 26 heavy (non-hydrogen) atoms. The number of carboxylic acids is 1. The molecule has 1 aliphatic heterocycles. The topological polar surface area (TPSA) is 80.7 Å². The van der Waals surface area contributed by atoms with Crippen LogP contribution >= 0.6 is 0 Å². The molecule has 0 aromatic heterocycles. The number of benzene rings is 1. The summed E-state index contributed by atoms with van der Waals surface area (Å²) in [7, 11) is 0. The van der Waals surface area contributed by atoms with Gasteiger partial charge in [-0.25, -0.2) is 0 Å². The highest BCUT2D eigenvalue weighted by Gasteiger charge is 2.49. The van der Waals surface area contributed by atoms with Gasteiger partial charge in [-0.05, 0) is 12.8 Å². The van der Waals surface area contributed by atoms with E-state index in [9.17, 15) is 19.5 Å². The quantitative estimate of drug-likeness (QED) is 0.276. The molecule has 142 valence electrons. The van der Waals surface area contributed by atoms with Gasteiger partial charge in [0, 0.05) is 17.9 Å². The summed E-state index contributed by atoms with van der Waals surface area (Å²) in [6.45, 7) is 2.17. The molecule has 0 amide bonds. The van der Waals surface area contributed by atoms with E-state index >= 15 is 0 Å². The van der Waals surface area contributed by atoms with Crippen LogP contribution in [-0.2, 0) is 14.3 Å². The fourth-order valence-electron chi connectivity index (χ4n) is 3.59. The van der Waals surface area contributed by atoms with Crippen molar-refractivity contribution in [1.29, 1.82) is 0 Å². The lowest BCUT2D eigenvalue weighted by molar-refractivity contribution is -0.153. The Kier molecular flexibility index (Phi) is 7.82. The standard InChI is InChI=1S/C21H28O5/c1-2-3-4-5-6-10-13-18-16(19(20(23)24)21(25)26-18)14-17(22)15-11-8-7-9-12-15/h7-9,11-12,16,18-19H,2-6,10,13-14H2,1H3,(H,23,24). The third-order valence-electron chi connectivity index (χ3n) is 5.05. The monoisotopic (exact) mass is 360 g/mol. The maximum Gasteiger partial charge on any atom is 0.321 e. The molecular formula is C21H28O5. The van der Waals surface area contributed by atoms with Crippen LogP contribution in [0.5, 0.6) is 0 Å². The molecule has 5 nitrogen and oxygen atoms in total. The van der Waals surface area contributed by atoms with Crippen molar-refractivity contribution in [2.75, 3.05) is 0 Å². The van der Waals surface area contributed by atoms with Crippen molar-refractivity contribution in [2.24, 2.45) is 11.8 Å². The number of Topliss-reactive ketones (excluding diaryl/α,β-unsaturated/α-hetero) is 1. The molecule has 2 rings (SSSR count). The molecule has 1 aromatic carbocycles. The average Bonchev–Trinajstić information content (AvgIpc) is 2.94. The summed E-state index contributed by atoms with van der Waals surface area (Å²) in [5, 5.41) is 9.41. The van der Waals surface area contributed by atoms with Gasteiger partial charge in [-0.15, -0.1) is 0 Å². The number of cyclic esters (lactones) is 1. The third kappa shape index (κ3) is 5.41. The smallest absolute Gasteiger partial charge is 0.321 e. The maximum atomic E-state index is 12.5. The molecular weight excluding hydrogens is 332 g/mol. The van der Waals surface area contributed by atoms with E-state index in [0.717, 1.165) is 19.3 Å². The van der Waals surface area contributed by atoms with E-state index < -0.39 is 29.9 Å². The Hall–Kier alpha value is -2.17. The van der Waals surface area contributed by atoms with Gasteiger partial charge < -0.3 is 9.84 Å². The van der Waals surface area contributed by atoms with Crippen LogP contribution in [0.15, 0.2) is 30.3 Å². The number of ketones is 1. The lowest BCUT2D eigenvalue weighted by Gasteiger charge is -2.19. The van der Waals surface area contributed by atoms with Crippen molar-refractivity contribution in [3.8, 4) is 0 Å². The van der Waals surface area contributed by atoms with Crippen molar-refractivity contribution in [3.63, 3.8) is 0 Å². The molecule has 0 aliphatic carbocycles. The molecule has 0 bridgehead atoms. The normalized spacial score (nSPS) is 22.2. The minimum absolute atomic E-state index is 0.0211. The highest BCUT2D eigenvalue weighted by molar-refractivity contribution is 5.99. The van der Waals surface area contributed by atoms with Gasteiger partial charge in [0.1, 0.15) is 6.10 Å². The first-order valence-electron chi connectivity index (χ1n) is 9.56. The maximum absolute atomic E-state index is 12.5. The first-order chi connectivity index (χ1) is 12.5. The van der Waals surface area contributed by atoms with Gasteiger partial charge in [-0.2, -0.15) is 0 Å². The van der Waals surface area contributed by atoms with Crippen LogP contribution in [0.4, 0.5) is 0 Å². The fraction of sp³-hybridized carbons (Fsp3) is 0.571. The molecule has 1 saturated heterocycles. The Morgan fingerprint density at radius 1 is 1.04 bits per heavy atom. The van der Waals surface area contributed by atoms with Gasteiger partial charge in [0.2, 0.25) is 0 Å². The Bertz CT molecular complexity index is 610. The molecule has 0 spiro atoms. The van der Waals surface area contributed by atoms with Crippen LogP contribution in [0.1, 0.15) is 68.6 Å². The summed E-state index contributed by atoms with van der Waals surface area (Å²) < 4.78 is 5.34. The number of rotatable bonds is 11. The van der Waals surface area contributed by atoms with Crippen LogP contribution in [0.25, 0.3) is 0 Å². The highest BCUT2D eigenvalue weighted by atomic mass is 16.6. The van der Waals surface area contributed by atoms with Crippen LogP contribution < -0.4 is 0 Å². The molecule has 5 heteroatoms. The lowest BCUT2D eigenvalue weighted by Crippen LogP contribution is -2.29. The van der Waals surface area contributed by atoms with E-state index in [2.05, 4.69) is 6.92 Å². The summed E-state index contributed by atoms with van der Waals surface area (Å²) in [6, 6.07) is 8.77. The molecule has 3 atom stereocenters. The largest absolute Gasteiger partial charge is 0.481 e. The second-order valence-electron chi connectivity index (χ2n) is 7.00. The number of hydrogen-bond donors (Lipinski definition) is 1. The van der Waals surface area contributed by atoms with Gasteiger partial charge >= 0.3 is 11.9 Å². The van der Waals surface area contributed by atoms with E-state index in [0.29, 0.717) is 12.0 Å². The Morgan fingerprint density at radius 2 is 1.69 bits per heavy atom. The zero-order valence-electron chi connectivity index (χ0n) is 15.4. The molecule has 1 fully saturated rings. The highest BCUT2D eigenvalue weighted by Crippen LogP contribution is 2.35. The van der Waals surface area contributed by atoms with Gasteiger partial charge in [0.25, 0.3) is 0 Å². The second kappa shape index (κ2) is 10.1. The summed E-state index contributed by atoms with van der Waals surface area (Å²) >= 11 is 0. The summed E-state index contributed by atoms with van der Waals surface area (Å²) in [6.07, 6.45) is 6.79. The first kappa shape index (κ1) is 20.1. The minimum Gasteiger partial charge on any atom is -0.481 e. The average molecular weight is 360 g/mol. The van der Waals surface area contributed by atoms with Crippen LogP contribution in [0.2, 0.25) is 0 Å². The van der Waals surface area contributed by atoms with Gasteiger partial charge in [0.15, 0.2) is 11.7 Å². The van der Waals surface area contributed by atoms with Crippen LogP contribution in [-0.4, -0.2) is 28.9 Å². The van der Waals surface area contributed by atoms with Crippen molar-refractivity contribution in [1.82, 2.24) is 0 Å². The number of carbonyl (C=O) groups excluding carboxylic acids is 2. The molecule has 1 aromatic rings. The Labute approximate surface area is 154 Å². The van der Waals surface area contributed by atoms with Crippen molar-refractivity contribution in [2.45, 2.75) is 64.4 Å². The zero-order valence-corrected chi connectivity index (χ0v) is 15.4. The van der Waals surface area contributed by atoms with E-state index in [4.69, 9.17) is 4.74 Å². The fourth-order valence-corrected chi connectivity index (χ4v) is 3.59. The summed E-state index contributed by atoms with van der Waals surface area (Å²) in [4.78, 5) is 36.0. The van der Waals surface area contributed by atoms with E-state index in [1.807, 2.05) is 6.07 Å². The van der Waals surface area contributed by atoms with E-state index in [-0.39, 0.29) is 12.2 Å². The van der Waals surface area contributed by atoms with Gasteiger partial charge in [-0.3, -0.25) is 14.4 Å². The number of aliphatic carboxylic acids is 1. The van der Waals surface area contributed by atoms with Crippen LogP contribution in [0, 0.1) is 11.8 Å². The molecule has 1 aliphatic rings. The first-order valence-corrected chi connectivity index (χ1v) is 9.56. The predicted octanol–water partition coefficient (Wildman–Crippen LogP) is 4.25. The number of unbranched alkanes of at least 4 members (excludes halogenated alkanes) is 5. The van der Waals surface area contributed by atoms with Crippen LogP contribution in [0.3, 0.4) is 0 Å². The molecule has 3 unspecified atom stereocenters. The molecule has 1 heterocycles. The molecule has 0 saturated carbocycles.